The van der Waals surface area contributed by atoms with Crippen LogP contribution in [0.15, 0.2) is 24.3 Å². The molecule has 0 fully saturated rings. The first-order valence-electron chi connectivity index (χ1n) is 3.92. The van der Waals surface area contributed by atoms with Crippen LogP contribution in [0.25, 0.3) is 0 Å². The molecule has 1 heterocycles. The van der Waals surface area contributed by atoms with E-state index in [1.807, 2.05) is 0 Å². The minimum absolute atomic E-state index is 0.262. The van der Waals surface area contributed by atoms with Crippen molar-refractivity contribution < 1.29 is 9.53 Å². The molecule has 0 aromatic carbocycles. The lowest BCUT2D eigenvalue weighted by Crippen LogP contribution is -2.35. The van der Waals surface area contributed by atoms with Crippen LogP contribution in [0.4, 0.5) is 4.79 Å². The van der Waals surface area contributed by atoms with Crippen LogP contribution in [0, 0.1) is 0 Å². The standard InChI is InChI=1S/C9H13NO2/c1-3-8-5-4-6-10(7-8)9(11)12-2/h3,5H,1,4,6-7H2,2H3. The van der Waals surface area contributed by atoms with Crippen molar-refractivity contribution in [1.29, 1.82) is 0 Å². The van der Waals surface area contributed by atoms with Gasteiger partial charge in [-0.2, -0.15) is 0 Å². The lowest BCUT2D eigenvalue weighted by molar-refractivity contribution is 0.126. The minimum Gasteiger partial charge on any atom is -0.453 e. The highest BCUT2D eigenvalue weighted by Crippen LogP contribution is 2.10. The third kappa shape index (κ3) is 1.87. The van der Waals surface area contributed by atoms with Gasteiger partial charge >= 0.3 is 6.09 Å². The molecule has 66 valence electrons. The van der Waals surface area contributed by atoms with Gasteiger partial charge in [-0.3, -0.25) is 0 Å². The van der Waals surface area contributed by atoms with E-state index in [-0.39, 0.29) is 6.09 Å². The molecule has 0 aromatic rings. The fraction of sp³-hybridized carbons (Fsp3) is 0.444. The molecule has 0 spiro atoms. The fourth-order valence-electron chi connectivity index (χ4n) is 1.20. The number of nitrogens with zero attached hydrogens (tertiary/aromatic N) is 1. The first kappa shape index (κ1) is 8.84. The quantitative estimate of drug-likeness (QED) is 0.593. The highest BCUT2D eigenvalue weighted by atomic mass is 16.5. The summed E-state index contributed by atoms with van der Waals surface area (Å²) >= 11 is 0. The zero-order valence-corrected chi connectivity index (χ0v) is 7.25. The molecule has 0 atom stereocenters. The van der Waals surface area contributed by atoms with E-state index in [1.54, 1.807) is 11.0 Å². The molecule has 0 bridgehead atoms. The van der Waals surface area contributed by atoms with Gasteiger partial charge < -0.3 is 9.64 Å². The Kier molecular flexibility index (Phi) is 2.91. The Labute approximate surface area is 72.3 Å². The van der Waals surface area contributed by atoms with E-state index < -0.39 is 0 Å². The summed E-state index contributed by atoms with van der Waals surface area (Å²) in [5.74, 6) is 0. The van der Waals surface area contributed by atoms with Gasteiger partial charge in [0.1, 0.15) is 0 Å². The molecule has 0 saturated heterocycles. The molecule has 0 N–H and O–H groups in total. The highest BCUT2D eigenvalue weighted by molar-refractivity contribution is 5.68. The van der Waals surface area contributed by atoms with Crippen molar-refractivity contribution in [2.75, 3.05) is 20.2 Å². The minimum atomic E-state index is -0.262. The SMILES string of the molecule is C=CC1=CCCN(C(=O)OC)C1. The second kappa shape index (κ2) is 3.95. The lowest BCUT2D eigenvalue weighted by Gasteiger charge is -2.24. The third-order valence-electron chi connectivity index (χ3n) is 1.87. The fourth-order valence-corrected chi connectivity index (χ4v) is 1.20. The molecule has 3 heteroatoms. The summed E-state index contributed by atoms with van der Waals surface area (Å²) in [5.41, 5.74) is 1.09. The van der Waals surface area contributed by atoms with E-state index in [2.05, 4.69) is 17.4 Å². The Morgan fingerprint density at radius 2 is 2.58 bits per heavy atom. The number of methoxy groups -OCH3 is 1. The third-order valence-corrected chi connectivity index (χ3v) is 1.87. The Bertz CT molecular complexity index is 221. The van der Waals surface area contributed by atoms with Gasteiger partial charge in [0.2, 0.25) is 0 Å². The van der Waals surface area contributed by atoms with Crippen molar-refractivity contribution >= 4 is 6.09 Å². The van der Waals surface area contributed by atoms with Crippen LogP contribution in [0.1, 0.15) is 6.42 Å². The van der Waals surface area contributed by atoms with Crippen molar-refractivity contribution in [3.05, 3.63) is 24.3 Å². The van der Waals surface area contributed by atoms with Crippen molar-refractivity contribution in [3.8, 4) is 0 Å². The average Bonchev–Trinajstić information content (AvgIpc) is 2.17. The molecule has 3 nitrogen and oxygen atoms in total. The van der Waals surface area contributed by atoms with Gasteiger partial charge in [0.05, 0.1) is 7.11 Å². The number of hydrogen-bond acceptors (Lipinski definition) is 2. The number of hydrogen-bond donors (Lipinski definition) is 0. The average molecular weight is 167 g/mol. The Hall–Kier alpha value is -1.25. The van der Waals surface area contributed by atoms with Gasteiger partial charge in [0, 0.05) is 13.1 Å². The molecule has 0 aromatic heterocycles. The molecule has 1 aliphatic rings. The number of ether oxygens (including phenoxy) is 1. The molecule has 0 saturated carbocycles. The maximum absolute atomic E-state index is 11.1. The highest BCUT2D eigenvalue weighted by Gasteiger charge is 2.16. The number of carbonyl (C=O) groups excluding carboxylic acids is 1. The topological polar surface area (TPSA) is 29.5 Å². The van der Waals surface area contributed by atoms with Gasteiger partial charge in [0.25, 0.3) is 0 Å². The van der Waals surface area contributed by atoms with Crippen LogP contribution in [-0.4, -0.2) is 31.2 Å². The molecule has 12 heavy (non-hydrogen) atoms. The number of rotatable bonds is 1. The van der Waals surface area contributed by atoms with E-state index in [1.165, 1.54) is 7.11 Å². The Morgan fingerprint density at radius 3 is 3.17 bits per heavy atom. The first-order chi connectivity index (χ1) is 5.77. The van der Waals surface area contributed by atoms with Crippen LogP contribution < -0.4 is 0 Å². The van der Waals surface area contributed by atoms with Gasteiger partial charge in [-0.05, 0) is 12.0 Å². The molecule has 1 aliphatic heterocycles. The number of amides is 1. The summed E-state index contributed by atoms with van der Waals surface area (Å²) in [4.78, 5) is 12.7. The summed E-state index contributed by atoms with van der Waals surface area (Å²) in [6.07, 6.45) is 4.49. The molecule has 1 amide bonds. The predicted octanol–water partition coefficient (Wildman–Crippen LogP) is 1.57. The van der Waals surface area contributed by atoms with Gasteiger partial charge in [0.15, 0.2) is 0 Å². The molecule has 1 rings (SSSR count). The molecular weight excluding hydrogens is 154 g/mol. The van der Waals surface area contributed by atoms with Crippen molar-refractivity contribution in [2.45, 2.75) is 6.42 Å². The number of carbonyl (C=O) groups is 1. The lowest BCUT2D eigenvalue weighted by atomic mass is 10.1. The summed E-state index contributed by atoms with van der Waals surface area (Å²) in [5, 5.41) is 0. The Morgan fingerprint density at radius 1 is 1.83 bits per heavy atom. The maximum atomic E-state index is 11.1. The van der Waals surface area contributed by atoms with Crippen LogP contribution in [-0.2, 0) is 4.74 Å². The van der Waals surface area contributed by atoms with E-state index in [0.29, 0.717) is 6.54 Å². The van der Waals surface area contributed by atoms with E-state index in [4.69, 9.17) is 0 Å². The summed E-state index contributed by atoms with van der Waals surface area (Å²) < 4.78 is 4.61. The molecular formula is C9H13NO2. The largest absolute Gasteiger partial charge is 0.453 e. The predicted molar refractivity (Wildman–Crippen MR) is 46.9 cm³/mol. The summed E-state index contributed by atoms with van der Waals surface area (Å²) in [6, 6.07) is 0. The van der Waals surface area contributed by atoms with Crippen molar-refractivity contribution in [3.63, 3.8) is 0 Å². The van der Waals surface area contributed by atoms with E-state index in [9.17, 15) is 4.79 Å². The second-order valence-corrected chi connectivity index (χ2v) is 2.66. The van der Waals surface area contributed by atoms with Gasteiger partial charge in [-0.1, -0.05) is 18.7 Å². The van der Waals surface area contributed by atoms with E-state index >= 15 is 0 Å². The van der Waals surface area contributed by atoms with Crippen molar-refractivity contribution in [1.82, 2.24) is 4.90 Å². The van der Waals surface area contributed by atoms with Crippen LogP contribution >= 0.6 is 0 Å². The molecule has 0 unspecified atom stereocenters. The molecule has 0 aliphatic carbocycles. The molecule has 0 radical (unpaired) electrons. The summed E-state index contributed by atoms with van der Waals surface area (Å²) in [6.45, 7) is 5.02. The monoisotopic (exact) mass is 167 g/mol. The van der Waals surface area contributed by atoms with E-state index in [0.717, 1.165) is 18.5 Å². The normalized spacial score (nSPS) is 16.8. The van der Waals surface area contributed by atoms with Gasteiger partial charge in [-0.25, -0.2) is 4.79 Å². The van der Waals surface area contributed by atoms with Crippen LogP contribution in [0.3, 0.4) is 0 Å². The zero-order chi connectivity index (χ0) is 8.97. The summed E-state index contributed by atoms with van der Waals surface area (Å²) in [7, 11) is 1.40. The smallest absolute Gasteiger partial charge is 0.409 e. The maximum Gasteiger partial charge on any atom is 0.409 e. The van der Waals surface area contributed by atoms with Crippen LogP contribution in [0.2, 0.25) is 0 Å². The van der Waals surface area contributed by atoms with Crippen LogP contribution in [0.5, 0.6) is 0 Å². The second-order valence-electron chi connectivity index (χ2n) is 2.66. The Balaban J connectivity index is 2.56. The van der Waals surface area contributed by atoms with Crippen molar-refractivity contribution in [2.24, 2.45) is 0 Å². The van der Waals surface area contributed by atoms with Gasteiger partial charge in [-0.15, -0.1) is 0 Å². The zero-order valence-electron chi connectivity index (χ0n) is 7.25. The first-order valence-corrected chi connectivity index (χ1v) is 3.92.